The zero-order valence-electron chi connectivity index (χ0n) is 9.66. The molecular formula is C12H13IN2O2. The summed E-state index contributed by atoms with van der Waals surface area (Å²) >= 11 is 2.25. The Morgan fingerprint density at radius 1 is 1.41 bits per heavy atom. The van der Waals surface area contributed by atoms with E-state index in [1.165, 1.54) is 17.5 Å². The summed E-state index contributed by atoms with van der Waals surface area (Å²) in [6.07, 6.45) is 0.236. The van der Waals surface area contributed by atoms with E-state index in [1.54, 1.807) is 0 Å². The Balaban J connectivity index is 2.14. The SMILES string of the molecule is Cc1ccc(NC2CC(=O)N(C)C2=O)cc1I. The quantitative estimate of drug-likeness (QED) is 0.657. The summed E-state index contributed by atoms with van der Waals surface area (Å²) in [5.41, 5.74) is 2.07. The molecule has 1 fully saturated rings. The molecule has 0 spiro atoms. The maximum atomic E-state index is 11.7. The van der Waals surface area contributed by atoms with E-state index in [-0.39, 0.29) is 18.2 Å². The van der Waals surface area contributed by atoms with Crippen molar-refractivity contribution in [2.24, 2.45) is 0 Å². The van der Waals surface area contributed by atoms with Crippen LogP contribution in [0, 0.1) is 10.5 Å². The fraction of sp³-hybridized carbons (Fsp3) is 0.333. The first kappa shape index (κ1) is 12.3. The minimum Gasteiger partial charge on any atom is -0.373 e. The highest BCUT2D eigenvalue weighted by Gasteiger charge is 2.35. The zero-order valence-corrected chi connectivity index (χ0v) is 11.8. The number of aryl methyl sites for hydroxylation is 1. The first-order chi connectivity index (χ1) is 7.99. The largest absolute Gasteiger partial charge is 0.373 e. The number of carbonyl (C=O) groups is 2. The van der Waals surface area contributed by atoms with E-state index in [2.05, 4.69) is 27.9 Å². The summed E-state index contributed by atoms with van der Waals surface area (Å²) in [4.78, 5) is 24.3. The summed E-state index contributed by atoms with van der Waals surface area (Å²) in [7, 11) is 1.52. The van der Waals surface area contributed by atoms with Crippen molar-refractivity contribution in [3.63, 3.8) is 0 Å². The highest BCUT2D eigenvalue weighted by atomic mass is 127. The van der Waals surface area contributed by atoms with E-state index >= 15 is 0 Å². The summed E-state index contributed by atoms with van der Waals surface area (Å²) < 4.78 is 1.14. The van der Waals surface area contributed by atoms with E-state index < -0.39 is 6.04 Å². The summed E-state index contributed by atoms with van der Waals surface area (Å²) in [5.74, 6) is -0.292. The van der Waals surface area contributed by atoms with Crippen molar-refractivity contribution in [3.05, 3.63) is 27.3 Å². The highest BCUT2D eigenvalue weighted by Crippen LogP contribution is 2.20. The van der Waals surface area contributed by atoms with Crippen LogP contribution in [0.2, 0.25) is 0 Å². The lowest BCUT2D eigenvalue weighted by Gasteiger charge is -2.13. The lowest BCUT2D eigenvalue weighted by Crippen LogP contribution is -2.31. The minimum absolute atomic E-state index is 0.130. The number of rotatable bonds is 2. The maximum absolute atomic E-state index is 11.7. The molecule has 1 atom stereocenters. The first-order valence-corrected chi connectivity index (χ1v) is 6.40. The Labute approximate surface area is 114 Å². The molecule has 1 unspecified atom stereocenters. The second-order valence-electron chi connectivity index (χ2n) is 4.16. The van der Waals surface area contributed by atoms with Crippen LogP contribution in [-0.4, -0.2) is 29.8 Å². The number of likely N-dealkylation sites (tertiary alicyclic amines) is 1. The Morgan fingerprint density at radius 3 is 2.65 bits per heavy atom. The summed E-state index contributed by atoms with van der Waals surface area (Å²) in [6.45, 7) is 2.03. The molecule has 17 heavy (non-hydrogen) atoms. The van der Waals surface area contributed by atoms with E-state index in [0.29, 0.717) is 0 Å². The van der Waals surface area contributed by atoms with E-state index in [1.807, 2.05) is 25.1 Å². The van der Waals surface area contributed by atoms with Crippen molar-refractivity contribution in [3.8, 4) is 0 Å². The number of likely N-dealkylation sites (N-methyl/N-ethyl adjacent to an activating group) is 1. The van der Waals surface area contributed by atoms with Crippen molar-refractivity contribution in [2.75, 3.05) is 12.4 Å². The van der Waals surface area contributed by atoms with E-state index in [0.717, 1.165) is 9.26 Å². The predicted octanol–water partition coefficient (Wildman–Crippen LogP) is 1.77. The number of benzene rings is 1. The van der Waals surface area contributed by atoms with Crippen molar-refractivity contribution >= 4 is 40.1 Å². The third-order valence-corrected chi connectivity index (χ3v) is 4.06. The first-order valence-electron chi connectivity index (χ1n) is 5.32. The fourth-order valence-electron chi connectivity index (χ4n) is 1.75. The number of carbonyl (C=O) groups excluding carboxylic acids is 2. The van der Waals surface area contributed by atoms with Crippen molar-refractivity contribution < 1.29 is 9.59 Å². The van der Waals surface area contributed by atoms with Crippen LogP contribution in [0.25, 0.3) is 0 Å². The van der Waals surface area contributed by atoms with Gasteiger partial charge in [0.2, 0.25) is 5.91 Å². The molecule has 0 aromatic heterocycles. The minimum atomic E-state index is -0.425. The Bertz CT molecular complexity index is 487. The van der Waals surface area contributed by atoms with Gasteiger partial charge in [-0.1, -0.05) is 6.07 Å². The van der Waals surface area contributed by atoms with Gasteiger partial charge >= 0.3 is 0 Å². The molecule has 1 saturated heterocycles. The normalized spacial score (nSPS) is 19.9. The van der Waals surface area contributed by atoms with Gasteiger partial charge in [0.05, 0.1) is 6.42 Å². The molecule has 2 amide bonds. The van der Waals surface area contributed by atoms with Crippen molar-refractivity contribution in [2.45, 2.75) is 19.4 Å². The van der Waals surface area contributed by atoms with Crippen LogP contribution in [0.15, 0.2) is 18.2 Å². The molecule has 0 saturated carbocycles. The topological polar surface area (TPSA) is 49.4 Å². The molecule has 0 radical (unpaired) electrons. The van der Waals surface area contributed by atoms with Crippen molar-refractivity contribution in [1.82, 2.24) is 4.90 Å². The van der Waals surface area contributed by atoms with Gasteiger partial charge in [0.1, 0.15) is 6.04 Å². The molecule has 1 aromatic carbocycles. The number of halogens is 1. The van der Waals surface area contributed by atoms with Crippen LogP contribution in [0.5, 0.6) is 0 Å². The zero-order chi connectivity index (χ0) is 12.6. The molecule has 1 aliphatic rings. The van der Waals surface area contributed by atoms with E-state index in [4.69, 9.17) is 0 Å². The molecule has 1 N–H and O–H groups in total. The molecule has 0 bridgehead atoms. The molecule has 1 aromatic rings. The van der Waals surface area contributed by atoms with Crippen LogP contribution in [0.4, 0.5) is 5.69 Å². The van der Waals surface area contributed by atoms with Crippen molar-refractivity contribution in [1.29, 1.82) is 0 Å². The monoisotopic (exact) mass is 344 g/mol. The van der Waals surface area contributed by atoms with Crippen LogP contribution in [-0.2, 0) is 9.59 Å². The van der Waals surface area contributed by atoms with Gasteiger partial charge in [-0.25, -0.2) is 0 Å². The van der Waals surface area contributed by atoms with Gasteiger partial charge in [-0.3, -0.25) is 14.5 Å². The second-order valence-corrected chi connectivity index (χ2v) is 5.32. The predicted molar refractivity (Wildman–Crippen MR) is 73.7 cm³/mol. The van der Waals surface area contributed by atoms with Crippen LogP contribution >= 0.6 is 22.6 Å². The Kier molecular flexibility index (Phi) is 3.37. The summed E-state index contributed by atoms with van der Waals surface area (Å²) in [5, 5.41) is 3.10. The molecular weight excluding hydrogens is 331 g/mol. The highest BCUT2D eigenvalue weighted by molar-refractivity contribution is 14.1. The lowest BCUT2D eigenvalue weighted by atomic mass is 10.2. The Morgan fingerprint density at radius 2 is 2.12 bits per heavy atom. The molecule has 1 heterocycles. The lowest BCUT2D eigenvalue weighted by molar-refractivity contribution is -0.136. The average molecular weight is 344 g/mol. The number of nitrogens with one attached hydrogen (secondary N) is 1. The number of hydrogen-bond acceptors (Lipinski definition) is 3. The second kappa shape index (κ2) is 4.64. The van der Waals surface area contributed by atoms with Crippen LogP contribution in [0.3, 0.4) is 0 Å². The molecule has 90 valence electrons. The molecule has 0 aliphatic carbocycles. The summed E-state index contributed by atoms with van der Waals surface area (Å²) in [6, 6.07) is 5.47. The molecule has 1 aliphatic heterocycles. The number of hydrogen-bond donors (Lipinski definition) is 1. The Hall–Kier alpha value is -1.11. The standard InChI is InChI=1S/C12H13IN2O2/c1-7-3-4-8(5-9(7)13)14-10-6-11(16)15(2)12(10)17/h3-5,10,14H,6H2,1-2H3. The van der Waals surface area contributed by atoms with Gasteiger partial charge in [0.15, 0.2) is 0 Å². The smallest absolute Gasteiger partial charge is 0.251 e. The third kappa shape index (κ3) is 2.43. The average Bonchev–Trinajstić information content (AvgIpc) is 2.52. The number of amides is 2. The van der Waals surface area contributed by atoms with Gasteiger partial charge in [-0.15, -0.1) is 0 Å². The van der Waals surface area contributed by atoms with E-state index in [9.17, 15) is 9.59 Å². The van der Waals surface area contributed by atoms with Gasteiger partial charge in [-0.2, -0.15) is 0 Å². The van der Waals surface area contributed by atoms with Gasteiger partial charge in [0, 0.05) is 16.3 Å². The van der Waals surface area contributed by atoms with Gasteiger partial charge in [-0.05, 0) is 47.2 Å². The van der Waals surface area contributed by atoms with Crippen LogP contribution < -0.4 is 5.32 Å². The number of anilines is 1. The molecule has 5 heteroatoms. The number of imide groups is 1. The third-order valence-electron chi connectivity index (χ3n) is 2.89. The fourth-order valence-corrected chi connectivity index (χ4v) is 2.27. The van der Waals surface area contributed by atoms with Gasteiger partial charge in [0.25, 0.3) is 5.91 Å². The molecule has 4 nitrogen and oxygen atoms in total. The van der Waals surface area contributed by atoms with Crippen LogP contribution in [0.1, 0.15) is 12.0 Å². The molecule has 2 rings (SSSR count). The number of nitrogens with zero attached hydrogens (tertiary/aromatic N) is 1. The van der Waals surface area contributed by atoms with Gasteiger partial charge < -0.3 is 5.32 Å². The maximum Gasteiger partial charge on any atom is 0.251 e.